The maximum atomic E-state index is 12.4. The first-order chi connectivity index (χ1) is 13.3. The van der Waals surface area contributed by atoms with Crippen molar-refractivity contribution in [3.05, 3.63) is 43.5 Å². The van der Waals surface area contributed by atoms with Crippen LogP contribution >= 0.6 is 45.2 Å². The summed E-state index contributed by atoms with van der Waals surface area (Å²) < 4.78 is 88.3. The van der Waals surface area contributed by atoms with Crippen molar-refractivity contribution >= 4 is 57.1 Å². The summed E-state index contributed by atoms with van der Waals surface area (Å²) in [4.78, 5) is 22.0. The van der Waals surface area contributed by atoms with Crippen LogP contribution < -0.4 is 14.2 Å². The molecule has 0 aromatic heterocycles. The lowest BCUT2D eigenvalue weighted by Gasteiger charge is -2.15. The van der Waals surface area contributed by atoms with E-state index in [2.05, 4.69) is 9.47 Å². The maximum Gasteiger partial charge on any atom is 0.491 e. The van der Waals surface area contributed by atoms with Crippen LogP contribution in [0.5, 0.6) is 23.0 Å². The zero-order chi connectivity index (χ0) is 22.0. The first kappa shape index (κ1) is 23.5. The Morgan fingerprint density at radius 3 is 1.28 bits per heavy atom. The van der Waals surface area contributed by atoms with E-state index in [4.69, 9.17) is 4.74 Å². The molecule has 0 amide bonds. The fourth-order valence-corrected chi connectivity index (χ4v) is 2.89. The van der Waals surface area contributed by atoms with Gasteiger partial charge < -0.3 is 14.2 Å². The summed E-state index contributed by atoms with van der Waals surface area (Å²) in [5.41, 5.74) is 0. The second kappa shape index (κ2) is 8.93. The van der Waals surface area contributed by atoms with Gasteiger partial charge in [-0.15, -0.1) is 0 Å². The molecular weight excluding hydrogens is 640 g/mol. The molecule has 0 spiro atoms. The van der Waals surface area contributed by atoms with E-state index in [0.717, 1.165) is 12.1 Å². The molecule has 0 aliphatic rings. The standard InChI is InChI=1S/C16H6F6I2O5/c17-15(18,19)13(25)28-9-5-1-3-7(11(9)23)27-8-4-2-6-10(12(8)24)29-14(26)16(20,21)22/h1-6H. The van der Waals surface area contributed by atoms with E-state index in [0.29, 0.717) is 0 Å². The number of alkyl halides is 6. The quantitative estimate of drug-likeness (QED) is 0.187. The Hall–Kier alpha value is -1.78. The number of rotatable bonds is 4. The van der Waals surface area contributed by atoms with Crippen molar-refractivity contribution in [2.75, 3.05) is 0 Å². The molecule has 156 valence electrons. The molecule has 0 bridgehead atoms. The molecule has 5 nitrogen and oxygen atoms in total. The van der Waals surface area contributed by atoms with Gasteiger partial charge in [-0.2, -0.15) is 26.3 Å². The van der Waals surface area contributed by atoms with Crippen LogP contribution in [0.4, 0.5) is 26.3 Å². The molecule has 0 aliphatic heterocycles. The molecule has 0 saturated carbocycles. The molecule has 0 fully saturated rings. The third-order valence-electron chi connectivity index (χ3n) is 2.94. The average molecular weight is 646 g/mol. The molecule has 0 radical (unpaired) electrons. The Balaban J connectivity index is 2.29. The lowest BCUT2D eigenvalue weighted by Crippen LogP contribution is -2.28. The van der Waals surface area contributed by atoms with E-state index >= 15 is 0 Å². The van der Waals surface area contributed by atoms with Crippen molar-refractivity contribution in [1.82, 2.24) is 0 Å². The molecule has 2 aromatic carbocycles. The lowest BCUT2D eigenvalue weighted by molar-refractivity contribution is -0.189. The van der Waals surface area contributed by atoms with E-state index in [1.165, 1.54) is 24.3 Å². The summed E-state index contributed by atoms with van der Waals surface area (Å²) in [5, 5.41) is 0. The smallest absolute Gasteiger partial charge is 0.455 e. The number of ether oxygens (including phenoxy) is 3. The number of carbonyl (C=O) groups excluding carboxylic acids is 2. The molecule has 29 heavy (non-hydrogen) atoms. The zero-order valence-corrected chi connectivity index (χ0v) is 17.8. The molecule has 0 aliphatic carbocycles. The van der Waals surface area contributed by atoms with E-state index in [1.807, 2.05) is 0 Å². The summed E-state index contributed by atoms with van der Waals surface area (Å²) >= 11 is 3.15. The van der Waals surface area contributed by atoms with E-state index in [1.54, 1.807) is 45.2 Å². The third-order valence-corrected chi connectivity index (χ3v) is 5.07. The summed E-state index contributed by atoms with van der Waals surface area (Å²) in [7, 11) is 0. The molecular formula is C16H6F6I2O5. The zero-order valence-electron chi connectivity index (χ0n) is 13.5. The monoisotopic (exact) mass is 646 g/mol. The molecule has 0 heterocycles. The van der Waals surface area contributed by atoms with E-state index in [9.17, 15) is 35.9 Å². The van der Waals surface area contributed by atoms with E-state index in [-0.39, 0.29) is 18.6 Å². The van der Waals surface area contributed by atoms with Crippen LogP contribution in [-0.2, 0) is 9.59 Å². The molecule has 2 aromatic rings. The minimum atomic E-state index is -5.20. The topological polar surface area (TPSA) is 61.8 Å². The van der Waals surface area contributed by atoms with Crippen LogP contribution in [0, 0.1) is 7.14 Å². The lowest BCUT2D eigenvalue weighted by atomic mass is 10.3. The van der Waals surface area contributed by atoms with Crippen LogP contribution in [0.15, 0.2) is 36.4 Å². The second-order valence-electron chi connectivity index (χ2n) is 5.01. The van der Waals surface area contributed by atoms with Crippen molar-refractivity contribution < 1.29 is 50.1 Å². The predicted octanol–water partition coefficient (Wildman–Crippen LogP) is 5.62. The highest BCUT2D eigenvalue weighted by Crippen LogP contribution is 2.38. The first-order valence-electron chi connectivity index (χ1n) is 7.13. The van der Waals surface area contributed by atoms with Gasteiger partial charge in [-0.05, 0) is 69.4 Å². The average Bonchev–Trinajstić information content (AvgIpc) is 2.60. The van der Waals surface area contributed by atoms with Gasteiger partial charge in [-0.25, -0.2) is 9.59 Å². The first-order valence-corrected chi connectivity index (χ1v) is 9.29. The van der Waals surface area contributed by atoms with Crippen molar-refractivity contribution in [3.8, 4) is 23.0 Å². The Labute approximate surface area is 185 Å². The number of halogens is 8. The van der Waals surface area contributed by atoms with Gasteiger partial charge in [0.05, 0.1) is 7.14 Å². The Morgan fingerprint density at radius 2 is 0.966 bits per heavy atom. The minimum absolute atomic E-state index is 0.00353. The van der Waals surface area contributed by atoms with Gasteiger partial charge in [0.15, 0.2) is 0 Å². The van der Waals surface area contributed by atoms with Crippen molar-refractivity contribution in [2.24, 2.45) is 0 Å². The maximum absolute atomic E-state index is 12.4. The van der Waals surface area contributed by atoms with Crippen LogP contribution in [0.2, 0.25) is 0 Å². The molecule has 0 unspecified atom stereocenters. The second-order valence-corrected chi connectivity index (χ2v) is 7.17. The highest BCUT2D eigenvalue weighted by Gasteiger charge is 2.42. The van der Waals surface area contributed by atoms with Gasteiger partial charge in [0, 0.05) is 0 Å². The van der Waals surface area contributed by atoms with Crippen LogP contribution in [0.1, 0.15) is 0 Å². The highest BCUT2D eigenvalue weighted by atomic mass is 127. The summed E-state index contributed by atoms with van der Waals surface area (Å²) in [5.74, 6) is -5.81. The number of hydrogen-bond acceptors (Lipinski definition) is 5. The van der Waals surface area contributed by atoms with Gasteiger partial charge in [-0.3, -0.25) is 0 Å². The molecule has 13 heteroatoms. The van der Waals surface area contributed by atoms with Gasteiger partial charge in [-0.1, -0.05) is 12.1 Å². The van der Waals surface area contributed by atoms with Gasteiger partial charge >= 0.3 is 24.3 Å². The number of carbonyl (C=O) groups is 2. The minimum Gasteiger partial charge on any atom is -0.455 e. The predicted molar refractivity (Wildman–Crippen MR) is 102 cm³/mol. The normalized spacial score (nSPS) is 11.7. The molecule has 2 rings (SSSR count). The fraction of sp³-hybridized carbons (Fsp3) is 0.125. The van der Waals surface area contributed by atoms with Gasteiger partial charge in [0.1, 0.15) is 23.0 Å². The van der Waals surface area contributed by atoms with Crippen molar-refractivity contribution in [2.45, 2.75) is 12.4 Å². The van der Waals surface area contributed by atoms with Crippen LogP contribution in [0.25, 0.3) is 0 Å². The van der Waals surface area contributed by atoms with Crippen molar-refractivity contribution in [3.63, 3.8) is 0 Å². The van der Waals surface area contributed by atoms with Gasteiger partial charge in [0.2, 0.25) is 0 Å². The van der Waals surface area contributed by atoms with Crippen LogP contribution in [-0.4, -0.2) is 24.3 Å². The largest absolute Gasteiger partial charge is 0.491 e. The third kappa shape index (κ3) is 6.10. The summed E-state index contributed by atoms with van der Waals surface area (Å²) in [6.07, 6.45) is -10.4. The number of hydrogen-bond donors (Lipinski definition) is 0. The van der Waals surface area contributed by atoms with E-state index < -0.39 is 35.8 Å². The highest BCUT2D eigenvalue weighted by molar-refractivity contribution is 14.1. The fourth-order valence-electron chi connectivity index (χ4n) is 1.73. The summed E-state index contributed by atoms with van der Waals surface area (Å²) in [6, 6.07) is 7.36. The van der Waals surface area contributed by atoms with Crippen molar-refractivity contribution in [1.29, 1.82) is 0 Å². The molecule has 0 saturated heterocycles. The molecule has 0 N–H and O–H groups in total. The Bertz CT molecular complexity index is 867. The Morgan fingerprint density at radius 1 is 0.655 bits per heavy atom. The van der Waals surface area contributed by atoms with Gasteiger partial charge in [0.25, 0.3) is 0 Å². The number of esters is 2. The van der Waals surface area contributed by atoms with Crippen LogP contribution in [0.3, 0.4) is 0 Å². The summed E-state index contributed by atoms with van der Waals surface area (Å²) in [6.45, 7) is 0. The molecule has 0 atom stereocenters. The SMILES string of the molecule is O=C(Oc1cccc(Oc2cccc(OC(=O)C(F)(F)F)c2I)c1I)C(F)(F)F. The number of benzene rings is 2. The Kier molecular flexibility index (Phi) is 7.23.